The minimum Gasteiger partial charge on any atom is -0.465 e. The summed E-state index contributed by atoms with van der Waals surface area (Å²) in [7, 11) is 0. The molecular formula is C33H30N4O11. The van der Waals surface area contributed by atoms with Crippen molar-refractivity contribution in [2.75, 3.05) is 25.1 Å². The van der Waals surface area contributed by atoms with E-state index in [0.717, 1.165) is 0 Å². The van der Waals surface area contributed by atoms with Crippen molar-refractivity contribution in [3.05, 3.63) is 129 Å². The molecule has 4 atom stereocenters. The van der Waals surface area contributed by atoms with E-state index in [-0.39, 0.29) is 23.3 Å². The van der Waals surface area contributed by atoms with Crippen LogP contribution >= 0.6 is 0 Å². The summed E-state index contributed by atoms with van der Waals surface area (Å²) in [5.41, 5.74) is -1.53. The van der Waals surface area contributed by atoms with Crippen molar-refractivity contribution in [2.24, 2.45) is 0 Å². The minimum atomic E-state index is -1.63. The number of benzene rings is 3. The molecule has 0 unspecified atom stereocenters. The van der Waals surface area contributed by atoms with Crippen LogP contribution in [0.25, 0.3) is 0 Å². The lowest BCUT2D eigenvalue weighted by Crippen LogP contribution is -2.44. The standard InChI is InChI=1S/C33H30N4O11/c1-2-44-24(38)18-34-27-28(39)35-33(43)37(36-27)29-26(48-32(42)22-16-10-5-11-17-22)25(47-31(41)21-14-8-4-9-15-21)23(46-29)19-45-30(40)20-12-6-3-7-13-20/h3-17,23,25-26,29H,2,18-19H2,1H3,(H,34,36)(H,35,39,43)/t23-,25-,26+,29-/m1/s1. The summed E-state index contributed by atoms with van der Waals surface area (Å²) < 4.78 is 28.8. The molecule has 3 aromatic carbocycles. The van der Waals surface area contributed by atoms with E-state index < -0.39 is 78.6 Å². The van der Waals surface area contributed by atoms with Crippen molar-refractivity contribution < 1.29 is 42.9 Å². The van der Waals surface area contributed by atoms with E-state index >= 15 is 0 Å². The Kier molecular flexibility index (Phi) is 10.7. The summed E-state index contributed by atoms with van der Waals surface area (Å²) in [6, 6.07) is 23.9. The Morgan fingerprint density at radius 1 is 0.771 bits per heavy atom. The van der Waals surface area contributed by atoms with Gasteiger partial charge >= 0.3 is 29.6 Å². The second-order valence-corrected chi connectivity index (χ2v) is 10.2. The first-order valence-electron chi connectivity index (χ1n) is 14.8. The highest BCUT2D eigenvalue weighted by atomic mass is 16.7. The lowest BCUT2D eigenvalue weighted by Gasteiger charge is -2.24. The van der Waals surface area contributed by atoms with Crippen LogP contribution in [0.2, 0.25) is 0 Å². The zero-order valence-electron chi connectivity index (χ0n) is 25.5. The summed E-state index contributed by atoms with van der Waals surface area (Å²) in [6.45, 7) is 0.720. The van der Waals surface area contributed by atoms with Crippen molar-refractivity contribution in [3.8, 4) is 0 Å². The summed E-state index contributed by atoms with van der Waals surface area (Å²) in [4.78, 5) is 79.2. The number of carbonyl (C=O) groups excluding carboxylic acids is 4. The van der Waals surface area contributed by atoms with Crippen LogP contribution in [0.4, 0.5) is 5.82 Å². The topological polar surface area (TPSA) is 194 Å². The molecule has 15 nitrogen and oxygen atoms in total. The molecule has 0 radical (unpaired) electrons. The van der Waals surface area contributed by atoms with E-state index in [4.69, 9.17) is 23.7 Å². The van der Waals surface area contributed by atoms with Gasteiger partial charge in [-0.3, -0.25) is 14.6 Å². The third-order valence-corrected chi connectivity index (χ3v) is 6.98. The number of hydrogen-bond donors (Lipinski definition) is 2. The number of carbonyl (C=O) groups is 4. The van der Waals surface area contributed by atoms with Gasteiger partial charge in [-0.2, -0.15) is 4.68 Å². The van der Waals surface area contributed by atoms with Gasteiger partial charge in [0.25, 0.3) is 5.56 Å². The van der Waals surface area contributed by atoms with Gasteiger partial charge in [0.05, 0.1) is 23.3 Å². The third-order valence-electron chi connectivity index (χ3n) is 6.98. The zero-order chi connectivity index (χ0) is 34.0. The van der Waals surface area contributed by atoms with Gasteiger partial charge in [0.2, 0.25) is 5.82 Å². The molecule has 5 rings (SSSR count). The highest BCUT2D eigenvalue weighted by Gasteiger charge is 2.52. The summed E-state index contributed by atoms with van der Waals surface area (Å²) in [6.07, 6.45) is -5.96. The fourth-order valence-electron chi connectivity index (χ4n) is 4.72. The minimum absolute atomic E-state index is 0.0908. The van der Waals surface area contributed by atoms with E-state index in [1.807, 2.05) is 0 Å². The molecule has 0 aliphatic carbocycles. The second-order valence-electron chi connectivity index (χ2n) is 10.2. The number of esters is 4. The van der Waals surface area contributed by atoms with Crippen LogP contribution < -0.4 is 16.6 Å². The van der Waals surface area contributed by atoms with Crippen molar-refractivity contribution >= 4 is 29.7 Å². The predicted octanol–water partition coefficient (Wildman–Crippen LogP) is 2.11. The van der Waals surface area contributed by atoms with Crippen LogP contribution in [0.1, 0.15) is 44.2 Å². The number of rotatable bonds is 12. The highest BCUT2D eigenvalue weighted by Crippen LogP contribution is 2.34. The number of nitrogens with zero attached hydrogens (tertiary/aromatic N) is 2. The SMILES string of the molecule is CCOC(=O)CNc1nn([C@@H]2O[C@H](COC(=O)c3ccccc3)[C@@H](OC(=O)c3ccccc3)[C@@H]2OC(=O)c2ccccc2)c(=O)[nH]c1=O. The first-order valence-corrected chi connectivity index (χ1v) is 14.8. The Morgan fingerprint density at radius 2 is 1.29 bits per heavy atom. The largest absolute Gasteiger partial charge is 0.465 e. The van der Waals surface area contributed by atoms with Crippen molar-refractivity contribution in [2.45, 2.75) is 31.5 Å². The van der Waals surface area contributed by atoms with Crippen LogP contribution in [0.15, 0.2) is 101 Å². The second kappa shape index (κ2) is 15.5. The summed E-state index contributed by atoms with van der Waals surface area (Å²) >= 11 is 0. The molecule has 0 amide bonds. The number of aromatic nitrogens is 3. The molecule has 2 N–H and O–H groups in total. The van der Waals surface area contributed by atoms with Crippen LogP contribution in [-0.2, 0) is 28.5 Å². The molecule has 248 valence electrons. The first kappa shape index (κ1) is 33.3. The van der Waals surface area contributed by atoms with Gasteiger partial charge in [-0.05, 0) is 43.3 Å². The van der Waals surface area contributed by atoms with E-state index in [1.54, 1.807) is 61.5 Å². The van der Waals surface area contributed by atoms with Crippen molar-refractivity contribution in [1.29, 1.82) is 0 Å². The van der Waals surface area contributed by atoms with Crippen molar-refractivity contribution in [1.82, 2.24) is 14.8 Å². The normalized spacial score (nSPS) is 18.4. The number of H-pyrrole nitrogens is 1. The molecule has 2 heterocycles. The molecule has 0 spiro atoms. The molecule has 1 aliphatic heterocycles. The molecule has 48 heavy (non-hydrogen) atoms. The average Bonchev–Trinajstić information content (AvgIpc) is 3.43. The highest BCUT2D eigenvalue weighted by molar-refractivity contribution is 5.91. The Hall–Kier alpha value is -6.09. The van der Waals surface area contributed by atoms with Gasteiger partial charge in [-0.25, -0.2) is 19.2 Å². The molecule has 0 saturated carbocycles. The Balaban J connectivity index is 1.53. The number of anilines is 1. The number of nitrogens with one attached hydrogen (secondary N) is 2. The zero-order valence-corrected chi connectivity index (χ0v) is 25.5. The summed E-state index contributed by atoms with van der Waals surface area (Å²) in [5, 5.41) is 6.54. The Labute approximate surface area is 272 Å². The van der Waals surface area contributed by atoms with Crippen LogP contribution in [0.3, 0.4) is 0 Å². The number of hydrogen-bond acceptors (Lipinski definition) is 13. The van der Waals surface area contributed by atoms with E-state index in [9.17, 15) is 28.8 Å². The third kappa shape index (κ3) is 8.00. The van der Waals surface area contributed by atoms with Gasteiger partial charge in [-0.1, -0.05) is 54.6 Å². The Morgan fingerprint density at radius 3 is 1.83 bits per heavy atom. The number of ether oxygens (including phenoxy) is 5. The fourth-order valence-corrected chi connectivity index (χ4v) is 4.72. The van der Waals surface area contributed by atoms with E-state index in [1.165, 1.54) is 36.4 Å². The monoisotopic (exact) mass is 658 g/mol. The maximum atomic E-state index is 13.3. The fraction of sp³-hybridized carbons (Fsp3) is 0.242. The lowest BCUT2D eigenvalue weighted by atomic mass is 10.1. The maximum Gasteiger partial charge on any atom is 0.347 e. The molecule has 1 aliphatic rings. The Bertz CT molecular complexity index is 1860. The molecule has 4 aromatic rings. The van der Waals surface area contributed by atoms with Crippen LogP contribution in [0, 0.1) is 0 Å². The maximum absolute atomic E-state index is 13.3. The molecule has 0 bridgehead atoms. The first-order chi connectivity index (χ1) is 23.2. The number of aromatic amines is 1. The molecule has 1 saturated heterocycles. The lowest BCUT2D eigenvalue weighted by molar-refractivity contribution is -0.140. The van der Waals surface area contributed by atoms with Gasteiger partial charge in [0.1, 0.15) is 19.3 Å². The molecule has 1 aromatic heterocycles. The van der Waals surface area contributed by atoms with E-state index in [2.05, 4.69) is 15.4 Å². The van der Waals surface area contributed by atoms with Gasteiger partial charge in [-0.15, -0.1) is 5.10 Å². The average molecular weight is 659 g/mol. The van der Waals surface area contributed by atoms with Crippen molar-refractivity contribution in [3.63, 3.8) is 0 Å². The molecular weight excluding hydrogens is 628 g/mol. The quantitative estimate of drug-likeness (QED) is 0.166. The molecule has 1 fully saturated rings. The van der Waals surface area contributed by atoms with Crippen LogP contribution in [-0.4, -0.2) is 76.7 Å². The van der Waals surface area contributed by atoms with E-state index in [0.29, 0.717) is 4.68 Å². The summed E-state index contributed by atoms with van der Waals surface area (Å²) in [5.74, 6) is -3.58. The predicted molar refractivity (Wildman–Crippen MR) is 166 cm³/mol. The van der Waals surface area contributed by atoms with Gasteiger partial charge in [0, 0.05) is 0 Å². The van der Waals surface area contributed by atoms with Crippen LogP contribution in [0.5, 0.6) is 0 Å². The van der Waals surface area contributed by atoms with Gasteiger partial charge in [0.15, 0.2) is 18.4 Å². The smallest absolute Gasteiger partial charge is 0.347 e. The van der Waals surface area contributed by atoms with Gasteiger partial charge < -0.3 is 29.0 Å². The molecule has 15 heteroatoms.